The van der Waals surface area contributed by atoms with Gasteiger partial charge in [0.2, 0.25) is 0 Å². The van der Waals surface area contributed by atoms with E-state index < -0.39 is 0 Å². The lowest BCUT2D eigenvalue weighted by Crippen LogP contribution is -1.97. The second kappa shape index (κ2) is 29.0. The highest BCUT2D eigenvalue weighted by Gasteiger charge is 1.96. The quantitative estimate of drug-likeness (QED) is 0.119. The highest BCUT2D eigenvalue weighted by molar-refractivity contribution is 4.50. The summed E-state index contributed by atoms with van der Waals surface area (Å²) < 4.78 is 5.82. The van der Waals surface area contributed by atoms with Gasteiger partial charge in [-0.05, 0) is 12.8 Å². The minimum Gasteiger partial charge on any atom is -0.381 e. The summed E-state index contributed by atoms with van der Waals surface area (Å²) in [6.07, 6.45) is 35.6. The second-order valence-corrected chi connectivity index (χ2v) is 9.74. The van der Waals surface area contributed by atoms with Crippen molar-refractivity contribution >= 4 is 0 Å². The van der Waals surface area contributed by atoms with Crippen molar-refractivity contribution in [3.05, 3.63) is 0 Å². The summed E-state index contributed by atoms with van der Waals surface area (Å²) in [7, 11) is 0. The SMILES string of the molecule is CCCCCCCCCCCCCCCCCOCCCCCCCCCCCC. The first-order chi connectivity index (χ1) is 14.9. The van der Waals surface area contributed by atoms with Crippen LogP contribution in [0.3, 0.4) is 0 Å². The maximum atomic E-state index is 5.82. The molecule has 0 rings (SSSR count). The van der Waals surface area contributed by atoms with E-state index >= 15 is 0 Å². The molecule has 30 heavy (non-hydrogen) atoms. The van der Waals surface area contributed by atoms with Crippen molar-refractivity contribution in [3.63, 3.8) is 0 Å². The molecule has 0 saturated carbocycles. The number of ether oxygens (including phenoxy) is 1. The lowest BCUT2D eigenvalue weighted by atomic mass is 10.0. The van der Waals surface area contributed by atoms with Crippen LogP contribution in [-0.2, 0) is 4.74 Å². The Kier molecular flexibility index (Phi) is 28.9. The van der Waals surface area contributed by atoms with Gasteiger partial charge in [-0.1, -0.05) is 162 Å². The van der Waals surface area contributed by atoms with Gasteiger partial charge in [-0.25, -0.2) is 0 Å². The van der Waals surface area contributed by atoms with Gasteiger partial charge >= 0.3 is 0 Å². The van der Waals surface area contributed by atoms with Gasteiger partial charge in [-0.3, -0.25) is 0 Å². The third-order valence-electron chi connectivity index (χ3n) is 6.53. The molecule has 0 aromatic rings. The summed E-state index contributed by atoms with van der Waals surface area (Å²) >= 11 is 0. The van der Waals surface area contributed by atoms with Crippen molar-refractivity contribution in [2.45, 2.75) is 174 Å². The molecule has 182 valence electrons. The van der Waals surface area contributed by atoms with Crippen LogP contribution in [-0.4, -0.2) is 13.2 Å². The van der Waals surface area contributed by atoms with Gasteiger partial charge in [0.1, 0.15) is 0 Å². The van der Waals surface area contributed by atoms with Crippen LogP contribution >= 0.6 is 0 Å². The Labute approximate surface area is 192 Å². The summed E-state index contributed by atoms with van der Waals surface area (Å²) in [6, 6.07) is 0. The van der Waals surface area contributed by atoms with Crippen molar-refractivity contribution in [2.24, 2.45) is 0 Å². The number of hydrogen-bond acceptors (Lipinski definition) is 1. The lowest BCUT2D eigenvalue weighted by Gasteiger charge is -2.05. The Balaban J connectivity index is 2.97. The van der Waals surface area contributed by atoms with E-state index in [9.17, 15) is 0 Å². The average Bonchev–Trinajstić information content (AvgIpc) is 2.76. The molecule has 0 N–H and O–H groups in total. The van der Waals surface area contributed by atoms with Crippen molar-refractivity contribution in [1.29, 1.82) is 0 Å². The Hall–Kier alpha value is -0.0400. The first-order valence-corrected chi connectivity index (χ1v) is 14.5. The van der Waals surface area contributed by atoms with E-state index in [1.165, 1.54) is 161 Å². The van der Waals surface area contributed by atoms with E-state index in [4.69, 9.17) is 4.74 Å². The van der Waals surface area contributed by atoms with Crippen LogP contribution in [0.25, 0.3) is 0 Å². The van der Waals surface area contributed by atoms with E-state index in [1.807, 2.05) is 0 Å². The van der Waals surface area contributed by atoms with Crippen LogP contribution in [0.4, 0.5) is 0 Å². The summed E-state index contributed by atoms with van der Waals surface area (Å²) in [5.41, 5.74) is 0. The molecular formula is C29H60O. The predicted octanol–water partition coefficient (Wildman–Crippen LogP) is 10.8. The van der Waals surface area contributed by atoms with Gasteiger partial charge in [0.05, 0.1) is 0 Å². The molecule has 1 heteroatoms. The van der Waals surface area contributed by atoms with E-state index in [0.29, 0.717) is 0 Å². The zero-order valence-electron chi connectivity index (χ0n) is 21.5. The minimum atomic E-state index is 0.995. The molecule has 1 nitrogen and oxygen atoms in total. The number of hydrogen-bond donors (Lipinski definition) is 0. The lowest BCUT2D eigenvalue weighted by molar-refractivity contribution is 0.125. The molecule has 0 atom stereocenters. The third-order valence-corrected chi connectivity index (χ3v) is 6.53. The second-order valence-electron chi connectivity index (χ2n) is 9.74. The highest BCUT2D eigenvalue weighted by Crippen LogP contribution is 2.14. The molecule has 0 aliphatic rings. The van der Waals surface area contributed by atoms with Crippen molar-refractivity contribution in [1.82, 2.24) is 0 Å². The number of unbranched alkanes of at least 4 members (excludes halogenated alkanes) is 23. The van der Waals surface area contributed by atoms with Gasteiger partial charge < -0.3 is 4.74 Å². The fourth-order valence-electron chi connectivity index (χ4n) is 4.37. The van der Waals surface area contributed by atoms with Gasteiger partial charge in [0, 0.05) is 13.2 Å². The largest absolute Gasteiger partial charge is 0.381 e. The zero-order chi connectivity index (χ0) is 21.8. The molecule has 0 unspecified atom stereocenters. The van der Waals surface area contributed by atoms with Crippen LogP contribution in [0, 0.1) is 0 Å². The summed E-state index contributed by atoms with van der Waals surface area (Å²) in [5.74, 6) is 0. The van der Waals surface area contributed by atoms with Gasteiger partial charge in [0.25, 0.3) is 0 Å². The Bertz CT molecular complexity index is 248. The Morgan fingerprint density at radius 3 is 0.700 bits per heavy atom. The van der Waals surface area contributed by atoms with E-state index in [-0.39, 0.29) is 0 Å². The molecule has 0 amide bonds. The molecule has 0 spiro atoms. The average molecular weight is 425 g/mol. The standard InChI is InChI=1S/C29H60O/c1-3-5-7-9-11-13-15-16-17-18-19-21-23-25-27-29-30-28-26-24-22-20-14-12-10-8-6-4-2/h3-29H2,1-2H3. The first-order valence-electron chi connectivity index (χ1n) is 14.5. The van der Waals surface area contributed by atoms with Crippen LogP contribution in [0.15, 0.2) is 0 Å². The molecule has 0 aromatic carbocycles. The minimum absolute atomic E-state index is 0.995. The molecule has 0 aromatic heterocycles. The number of rotatable bonds is 27. The van der Waals surface area contributed by atoms with Crippen LogP contribution in [0.2, 0.25) is 0 Å². The molecule has 0 bridgehead atoms. The summed E-state index contributed by atoms with van der Waals surface area (Å²) in [4.78, 5) is 0. The monoisotopic (exact) mass is 424 g/mol. The summed E-state index contributed by atoms with van der Waals surface area (Å²) in [5, 5.41) is 0. The maximum Gasteiger partial charge on any atom is 0.0466 e. The fraction of sp³-hybridized carbons (Fsp3) is 1.00. The van der Waals surface area contributed by atoms with Crippen LogP contribution < -0.4 is 0 Å². The van der Waals surface area contributed by atoms with Crippen molar-refractivity contribution in [2.75, 3.05) is 13.2 Å². The molecule has 0 radical (unpaired) electrons. The van der Waals surface area contributed by atoms with E-state index in [0.717, 1.165) is 13.2 Å². The molecule has 0 saturated heterocycles. The highest BCUT2D eigenvalue weighted by atomic mass is 16.5. The van der Waals surface area contributed by atoms with Gasteiger partial charge in [-0.2, -0.15) is 0 Å². The van der Waals surface area contributed by atoms with E-state index in [1.54, 1.807) is 0 Å². The molecular weight excluding hydrogens is 364 g/mol. The molecule has 0 aliphatic heterocycles. The van der Waals surface area contributed by atoms with Gasteiger partial charge in [0.15, 0.2) is 0 Å². The van der Waals surface area contributed by atoms with Crippen LogP contribution in [0.5, 0.6) is 0 Å². The van der Waals surface area contributed by atoms with Crippen LogP contribution in [0.1, 0.15) is 174 Å². The third kappa shape index (κ3) is 28.0. The predicted molar refractivity (Wildman–Crippen MR) is 138 cm³/mol. The zero-order valence-corrected chi connectivity index (χ0v) is 21.5. The molecule has 0 fully saturated rings. The smallest absolute Gasteiger partial charge is 0.0466 e. The topological polar surface area (TPSA) is 9.23 Å². The van der Waals surface area contributed by atoms with E-state index in [2.05, 4.69) is 13.8 Å². The molecule has 0 heterocycles. The van der Waals surface area contributed by atoms with Crippen molar-refractivity contribution in [3.8, 4) is 0 Å². The maximum absolute atomic E-state index is 5.82. The Morgan fingerprint density at radius 1 is 0.267 bits per heavy atom. The fourth-order valence-corrected chi connectivity index (χ4v) is 4.37. The van der Waals surface area contributed by atoms with Crippen molar-refractivity contribution < 1.29 is 4.74 Å². The Morgan fingerprint density at radius 2 is 0.467 bits per heavy atom. The van der Waals surface area contributed by atoms with Gasteiger partial charge in [-0.15, -0.1) is 0 Å². The molecule has 0 aliphatic carbocycles. The summed E-state index contributed by atoms with van der Waals surface area (Å²) in [6.45, 7) is 6.58. The first kappa shape index (κ1) is 30.0. The normalized spacial score (nSPS) is 11.4.